The molecule has 3 aromatic carbocycles. The molecule has 2 unspecified atom stereocenters. The third-order valence-corrected chi connectivity index (χ3v) is 10.6. The molecule has 42 heavy (non-hydrogen) atoms. The van der Waals surface area contributed by atoms with Gasteiger partial charge in [-0.15, -0.1) is 0 Å². The van der Waals surface area contributed by atoms with Crippen LogP contribution in [0.3, 0.4) is 0 Å². The quantitative estimate of drug-likeness (QED) is 0.198. The Morgan fingerprint density at radius 3 is 1.76 bits per heavy atom. The Morgan fingerprint density at radius 1 is 0.738 bits per heavy atom. The first-order valence-corrected chi connectivity index (χ1v) is 16.0. The number of benzene rings is 3. The van der Waals surface area contributed by atoms with Crippen molar-refractivity contribution in [3.63, 3.8) is 0 Å². The van der Waals surface area contributed by atoms with Crippen molar-refractivity contribution < 1.29 is 28.5 Å². The highest BCUT2D eigenvalue weighted by Crippen LogP contribution is 2.60. The number of ether oxygens (including phenoxy) is 4. The molecule has 220 valence electrons. The molecule has 7 heteroatoms. The Hall–Kier alpha value is -3.45. The molecule has 4 aliphatic rings. The average molecular weight is 588 g/mol. The molecule has 6 nitrogen and oxygen atoms in total. The molecular weight excluding hydrogens is 548 g/mol. The minimum absolute atomic E-state index is 0.167. The average Bonchev–Trinajstić information content (AvgIpc) is 2.91. The summed E-state index contributed by atoms with van der Waals surface area (Å²) in [5.41, 5.74) is -1.86. The fraction of sp³-hybridized carbons (Fsp3) is 0.429. The SMILES string of the molecule is CC(C)(C)OC(=O)OC12CC3CC(CC(OC(=O)COc4ccc([S+](c5ccccc5)c5ccccc5)cc4)(C3)C1)C2. The Labute approximate surface area is 251 Å². The van der Waals surface area contributed by atoms with Gasteiger partial charge in [-0.25, -0.2) is 9.59 Å². The molecule has 0 aromatic heterocycles. The van der Waals surface area contributed by atoms with Crippen LogP contribution in [0.4, 0.5) is 4.79 Å². The highest BCUT2D eigenvalue weighted by atomic mass is 32.2. The van der Waals surface area contributed by atoms with Crippen molar-refractivity contribution in [3.05, 3.63) is 84.9 Å². The standard InChI is InChI=1S/C35H39O6S/c1-33(2,3)40-32(37)41-35-21-25-18-26(22-35)20-34(19-25,24-35)39-31(36)23-38-27-14-16-30(17-15-27)42(28-10-6-4-7-11-28)29-12-8-5-9-13-29/h4-17,25-26H,18-24H2,1-3H3/q+1. The van der Waals surface area contributed by atoms with E-state index in [0.717, 1.165) is 32.1 Å². The predicted molar refractivity (Wildman–Crippen MR) is 161 cm³/mol. The molecular formula is C35H39O6S+. The Bertz CT molecular complexity index is 1350. The minimum Gasteiger partial charge on any atom is -0.482 e. The maximum atomic E-state index is 13.1. The van der Waals surface area contributed by atoms with E-state index in [-0.39, 0.29) is 23.5 Å². The second-order valence-corrected chi connectivity index (χ2v) is 15.1. The monoisotopic (exact) mass is 587 g/mol. The van der Waals surface area contributed by atoms with Gasteiger partial charge in [0.25, 0.3) is 0 Å². The van der Waals surface area contributed by atoms with E-state index in [1.807, 2.05) is 45.0 Å². The van der Waals surface area contributed by atoms with Gasteiger partial charge in [-0.3, -0.25) is 0 Å². The lowest BCUT2D eigenvalue weighted by atomic mass is 9.52. The first-order chi connectivity index (χ1) is 20.1. The van der Waals surface area contributed by atoms with Crippen LogP contribution in [0, 0.1) is 11.8 Å². The van der Waals surface area contributed by atoms with Crippen molar-refractivity contribution in [2.24, 2.45) is 11.8 Å². The second-order valence-electron chi connectivity index (χ2n) is 13.1. The predicted octanol–water partition coefficient (Wildman–Crippen LogP) is 7.75. The summed E-state index contributed by atoms with van der Waals surface area (Å²) in [4.78, 5) is 29.3. The molecule has 0 radical (unpaired) electrons. The molecule has 4 aliphatic carbocycles. The van der Waals surface area contributed by atoms with E-state index in [9.17, 15) is 9.59 Å². The zero-order valence-electron chi connectivity index (χ0n) is 24.5. The van der Waals surface area contributed by atoms with Gasteiger partial charge in [0.2, 0.25) is 0 Å². The summed E-state index contributed by atoms with van der Waals surface area (Å²) >= 11 is 0. The molecule has 2 atom stereocenters. The summed E-state index contributed by atoms with van der Waals surface area (Å²) in [6.45, 7) is 5.32. The lowest BCUT2D eigenvalue weighted by Gasteiger charge is -2.59. The summed E-state index contributed by atoms with van der Waals surface area (Å²) in [5.74, 6) is 0.980. The largest absolute Gasteiger partial charge is 0.509 e. The number of esters is 1. The molecule has 4 bridgehead atoms. The number of carbonyl (C=O) groups excluding carboxylic acids is 2. The van der Waals surface area contributed by atoms with Gasteiger partial charge in [-0.1, -0.05) is 36.4 Å². The van der Waals surface area contributed by atoms with Gasteiger partial charge in [0.05, 0.1) is 10.9 Å². The smallest absolute Gasteiger partial charge is 0.482 e. The molecule has 0 spiro atoms. The molecule has 4 fully saturated rings. The minimum atomic E-state index is -0.639. The van der Waals surface area contributed by atoms with Gasteiger partial charge in [-0.2, -0.15) is 0 Å². The van der Waals surface area contributed by atoms with Crippen molar-refractivity contribution in [1.82, 2.24) is 0 Å². The summed E-state index contributed by atoms with van der Waals surface area (Å²) in [6, 6.07) is 28.9. The van der Waals surface area contributed by atoms with E-state index in [0.29, 0.717) is 24.0 Å². The van der Waals surface area contributed by atoms with E-state index >= 15 is 0 Å². The number of hydrogen-bond donors (Lipinski definition) is 0. The Balaban J connectivity index is 1.10. The summed E-state index contributed by atoms with van der Waals surface area (Å²) in [6.07, 6.45) is 4.20. The maximum Gasteiger partial charge on any atom is 0.509 e. The van der Waals surface area contributed by atoms with Crippen molar-refractivity contribution in [3.8, 4) is 5.75 Å². The van der Waals surface area contributed by atoms with E-state index in [4.69, 9.17) is 18.9 Å². The van der Waals surface area contributed by atoms with E-state index in [2.05, 4.69) is 60.7 Å². The number of rotatable bonds is 8. The zero-order chi connectivity index (χ0) is 29.4. The normalized spacial score (nSPS) is 26.1. The van der Waals surface area contributed by atoms with E-state index in [1.165, 1.54) is 14.7 Å². The van der Waals surface area contributed by atoms with E-state index < -0.39 is 23.0 Å². The van der Waals surface area contributed by atoms with Crippen molar-refractivity contribution in [1.29, 1.82) is 0 Å². The first-order valence-electron chi connectivity index (χ1n) is 14.8. The molecule has 4 saturated carbocycles. The van der Waals surface area contributed by atoms with Crippen LogP contribution in [0.25, 0.3) is 0 Å². The Morgan fingerprint density at radius 2 is 1.24 bits per heavy atom. The van der Waals surface area contributed by atoms with Crippen LogP contribution in [0.15, 0.2) is 99.6 Å². The molecule has 0 aliphatic heterocycles. The number of carbonyl (C=O) groups is 2. The second kappa shape index (κ2) is 11.3. The third kappa shape index (κ3) is 6.46. The topological polar surface area (TPSA) is 71.1 Å². The van der Waals surface area contributed by atoms with Crippen LogP contribution in [-0.4, -0.2) is 35.5 Å². The van der Waals surface area contributed by atoms with Crippen LogP contribution in [0.1, 0.15) is 59.3 Å². The van der Waals surface area contributed by atoms with E-state index in [1.54, 1.807) is 0 Å². The van der Waals surface area contributed by atoms with Crippen molar-refractivity contribution >= 4 is 23.0 Å². The molecule has 0 amide bonds. The van der Waals surface area contributed by atoms with Crippen molar-refractivity contribution in [2.45, 2.75) is 90.8 Å². The van der Waals surface area contributed by atoms with Crippen LogP contribution in [0.5, 0.6) is 5.75 Å². The lowest BCUT2D eigenvalue weighted by Crippen LogP contribution is -2.62. The highest BCUT2D eigenvalue weighted by molar-refractivity contribution is 7.97. The molecule has 7 rings (SSSR count). The third-order valence-electron chi connectivity index (χ3n) is 8.35. The highest BCUT2D eigenvalue weighted by Gasteiger charge is 2.61. The van der Waals surface area contributed by atoms with Gasteiger partial charge in [0.15, 0.2) is 21.3 Å². The van der Waals surface area contributed by atoms with Gasteiger partial charge < -0.3 is 18.9 Å². The molecule has 0 N–H and O–H groups in total. The first kappa shape index (κ1) is 28.7. The van der Waals surface area contributed by atoms with Gasteiger partial charge in [0.1, 0.15) is 22.6 Å². The summed E-state index contributed by atoms with van der Waals surface area (Å²) in [7, 11) is -0.250. The molecule has 0 saturated heterocycles. The molecule has 0 heterocycles. The van der Waals surface area contributed by atoms with Crippen LogP contribution in [0.2, 0.25) is 0 Å². The Kier molecular flexibility index (Phi) is 7.73. The maximum absolute atomic E-state index is 13.1. The van der Waals surface area contributed by atoms with Crippen LogP contribution < -0.4 is 4.74 Å². The summed E-state index contributed by atoms with van der Waals surface area (Å²) < 4.78 is 23.5. The van der Waals surface area contributed by atoms with Gasteiger partial charge in [-0.05, 0) is 113 Å². The van der Waals surface area contributed by atoms with Gasteiger partial charge in [0, 0.05) is 6.42 Å². The fourth-order valence-corrected chi connectivity index (χ4v) is 9.47. The fourth-order valence-electron chi connectivity index (χ4n) is 7.39. The van der Waals surface area contributed by atoms with Crippen LogP contribution in [-0.2, 0) is 29.9 Å². The number of hydrogen-bond acceptors (Lipinski definition) is 6. The summed E-state index contributed by atoms with van der Waals surface area (Å²) in [5, 5.41) is 0. The molecule has 3 aromatic rings. The lowest BCUT2D eigenvalue weighted by molar-refractivity contribution is -0.225. The van der Waals surface area contributed by atoms with Crippen LogP contribution >= 0.6 is 0 Å². The van der Waals surface area contributed by atoms with Crippen molar-refractivity contribution in [2.75, 3.05) is 6.61 Å². The van der Waals surface area contributed by atoms with Gasteiger partial charge >= 0.3 is 12.1 Å². The zero-order valence-corrected chi connectivity index (χ0v) is 25.4.